The van der Waals surface area contributed by atoms with Crippen molar-refractivity contribution < 1.29 is 19.1 Å². The highest BCUT2D eigenvalue weighted by Gasteiger charge is 2.23. The minimum atomic E-state index is -1.54. The van der Waals surface area contributed by atoms with Gasteiger partial charge < -0.3 is 26.8 Å². The fraction of sp³-hybridized carbons (Fsp3) is 0.357. The monoisotopic (exact) mass is 308 g/mol. The van der Waals surface area contributed by atoms with E-state index in [0.717, 1.165) is 11.1 Å². The molecule has 0 aliphatic rings. The number of benzene rings is 1. The Balaban J connectivity index is 2.60. The average molecular weight is 308 g/mol. The smallest absolute Gasteiger partial charge is 0.316 e. The molecule has 6 N–H and O–H groups in total. The van der Waals surface area contributed by atoms with Gasteiger partial charge in [0.15, 0.2) is 6.04 Å². The van der Waals surface area contributed by atoms with E-state index in [9.17, 15) is 14.4 Å². The highest BCUT2D eigenvalue weighted by Crippen LogP contribution is 2.09. The van der Waals surface area contributed by atoms with Crippen molar-refractivity contribution in [3.05, 3.63) is 35.4 Å². The third-order valence-corrected chi connectivity index (χ3v) is 2.86. The number of ether oxygens (including phenoxy) is 1. The molecule has 0 radical (unpaired) electrons. The highest BCUT2D eigenvalue weighted by molar-refractivity contribution is 6.05. The van der Waals surface area contributed by atoms with Crippen LogP contribution in [0.5, 0.6) is 0 Å². The van der Waals surface area contributed by atoms with Crippen molar-refractivity contribution in [2.45, 2.75) is 26.1 Å². The van der Waals surface area contributed by atoms with Crippen LogP contribution in [0.3, 0.4) is 0 Å². The van der Waals surface area contributed by atoms with Crippen LogP contribution in [0.2, 0.25) is 0 Å². The maximum absolute atomic E-state index is 11.7. The topological polar surface area (TPSA) is 137 Å². The summed E-state index contributed by atoms with van der Waals surface area (Å²) in [6.07, 6.45) is 0. The first-order valence-corrected chi connectivity index (χ1v) is 6.73. The van der Waals surface area contributed by atoms with Crippen LogP contribution in [0, 0.1) is 0 Å². The van der Waals surface area contributed by atoms with E-state index in [0.29, 0.717) is 13.2 Å². The molecule has 0 aliphatic carbocycles. The molecule has 0 unspecified atom stereocenters. The molecule has 0 spiro atoms. The maximum Gasteiger partial charge on any atom is 0.316 e. The minimum absolute atomic E-state index is 0.208. The zero-order valence-corrected chi connectivity index (χ0v) is 12.3. The molecule has 120 valence electrons. The van der Waals surface area contributed by atoms with Crippen LogP contribution < -0.4 is 22.1 Å². The lowest BCUT2D eigenvalue weighted by Crippen LogP contribution is -2.54. The van der Waals surface area contributed by atoms with E-state index < -0.39 is 23.9 Å². The molecule has 0 fully saturated rings. The van der Waals surface area contributed by atoms with Gasteiger partial charge in [-0.1, -0.05) is 24.3 Å². The van der Waals surface area contributed by atoms with Gasteiger partial charge in [-0.25, -0.2) is 4.79 Å². The van der Waals surface area contributed by atoms with Crippen molar-refractivity contribution in [1.82, 2.24) is 10.6 Å². The molecule has 1 rings (SSSR count). The van der Waals surface area contributed by atoms with E-state index in [-0.39, 0.29) is 6.54 Å². The van der Waals surface area contributed by atoms with Gasteiger partial charge in [0.2, 0.25) is 11.8 Å². The maximum atomic E-state index is 11.7. The summed E-state index contributed by atoms with van der Waals surface area (Å²) in [4.78, 5) is 33.7. The van der Waals surface area contributed by atoms with Crippen LogP contribution in [0.1, 0.15) is 18.1 Å². The summed E-state index contributed by atoms with van der Waals surface area (Å²) in [5.74, 6) is -2.03. The Bertz CT molecular complexity index is 533. The Labute approximate surface area is 128 Å². The van der Waals surface area contributed by atoms with Crippen LogP contribution in [0.4, 0.5) is 4.79 Å². The van der Waals surface area contributed by atoms with Gasteiger partial charge in [0, 0.05) is 13.2 Å². The van der Waals surface area contributed by atoms with Gasteiger partial charge >= 0.3 is 6.03 Å². The number of nitrogens with two attached hydrogens (primary N) is 2. The standard InChI is InChI=1S/C14H20N4O4/c1-2-22-8-10-6-4-3-5-9(10)7-17-14(21)18-11(12(15)19)13(16)20/h3-6,11H,2,7-8H2,1H3,(H2,15,19)(H2,16,20)(H2,17,18,21). The van der Waals surface area contributed by atoms with Gasteiger partial charge in [-0.3, -0.25) is 9.59 Å². The van der Waals surface area contributed by atoms with E-state index in [1.165, 1.54) is 0 Å². The number of carbonyl (C=O) groups is 3. The predicted molar refractivity (Wildman–Crippen MR) is 79.3 cm³/mol. The van der Waals surface area contributed by atoms with E-state index in [2.05, 4.69) is 10.6 Å². The van der Waals surface area contributed by atoms with Crippen molar-refractivity contribution in [1.29, 1.82) is 0 Å². The number of urea groups is 1. The van der Waals surface area contributed by atoms with Crippen LogP contribution in [0.15, 0.2) is 24.3 Å². The minimum Gasteiger partial charge on any atom is -0.377 e. The molecule has 0 bridgehead atoms. The Kier molecular flexibility index (Phi) is 6.84. The van der Waals surface area contributed by atoms with E-state index >= 15 is 0 Å². The SMILES string of the molecule is CCOCc1ccccc1CNC(=O)NC(C(N)=O)C(N)=O. The largest absolute Gasteiger partial charge is 0.377 e. The molecule has 8 heteroatoms. The van der Waals surface area contributed by atoms with Crippen molar-refractivity contribution in [2.75, 3.05) is 6.61 Å². The summed E-state index contributed by atoms with van der Waals surface area (Å²) in [6, 6.07) is 5.18. The number of carbonyl (C=O) groups excluding carboxylic acids is 3. The lowest BCUT2D eigenvalue weighted by molar-refractivity contribution is -0.128. The second kappa shape index (κ2) is 8.63. The molecule has 4 amide bonds. The zero-order valence-electron chi connectivity index (χ0n) is 12.3. The second-order valence-electron chi connectivity index (χ2n) is 4.47. The number of nitrogens with one attached hydrogen (secondary N) is 2. The summed E-state index contributed by atoms with van der Waals surface area (Å²) < 4.78 is 5.34. The van der Waals surface area contributed by atoms with Crippen LogP contribution >= 0.6 is 0 Å². The average Bonchev–Trinajstić information content (AvgIpc) is 2.48. The van der Waals surface area contributed by atoms with Gasteiger partial charge in [0.1, 0.15) is 0 Å². The molecule has 0 aliphatic heterocycles. The molecule has 0 saturated heterocycles. The third-order valence-electron chi connectivity index (χ3n) is 2.86. The summed E-state index contributed by atoms with van der Waals surface area (Å²) >= 11 is 0. The van der Waals surface area contributed by atoms with Gasteiger partial charge in [-0.2, -0.15) is 0 Å². The predicted octanol–water partition coefficient (Wildman–Crippen LogP) is -0.638. The number of hydrogen-bond donors (Lipinski definition) is 4. The highest BCUT2D eigenvalue weighted by atomic mass is 16.5. The number of primary amides is 2. The molecule has 0 aromatic heterocycles. The Hall–Kier alpha value is -2.61. The number of hydrogen-bond acceptors (Lipinski definition) is 4. The van der Waals surface area contributed by atoms with Crippen molar-refractivity contribution in [3.8, 4) is 0 Å². The Morgan fingerprint density at radius 2 is 1.73 bits per heavy atom. The van der Waals surface area contributed by atoms with E-state index in [4.69, 9.17) is 16.2 Å². The molecule has 1 aromatic rings. The van der Waals surface area contributed by atoms with Gasteiger partial charge in [-0.15, -0.1) is 0 Å². The van der Waals surface area contributed by atoms with Crippen molar-refractivity contribution >= 4 is 17.8 Å². The molecule has 8 nitrogen and oxygen atoms in total. The van der Waals surface area contributed by atoms with Crippen LogP contribution in [-0.4, -0.2) is 30.5 Å². The molecular formula is C14H20N4O4. The van der Waals surface area contributed by atoms with Gasteiger partial charge in [-0.05, 0) is 18.1 Å². The normalized spacial score (nSPS) is 10.3. The molecular weight excluding hydrogens is 288 g/mol. The fourth-order valence-electron chi connectivity index (χ4n) is 1.72. The molecule has 0 atom stereocenters. The number of amides is 4. The lowest BCUT2D eigenvalue weighted by Gasteiger charge is -2.14. The summed E-state index contributed by atoms with van der Waals surface area (Å²) in [7, 11) is 0. The summed E-state index contributed by atoms with van der Waals surface area (Å²) in [5, 5.41) is 4.65. The Morgan fingerprint density at radius 3 is 2.27 bits per heavy atom. The first-order chi connectivity index (χ1) is 10.5. The van der Waals surface area contributed by atoms with Crippen molar-refractivity contribution in [2.24, 2.45) is 11.5 Å². The zero-order chi connectivity index (χ0) is 16.5. The molecule has 0 saturated carbocycles. The quantitative estimate of drug-likeness (QED) is 0.475. The fourth-order valence-corrected chi connectivity index (χ4v) is 1.72. The lowest BCUT2D eigenvalue weighted by atomic mass is 10.1. The van der Waals surface area contributed by atoms with Crippen LogP contribution in [0.25, 0.3) is 0 Å². The Morgan fingerprint density at radius 1 is 1.14 bits per heavy atom. The third kappa shape index (κ3) is 5.41. The molecule has 1 aromatic carbocycles. The summed E-state index contributed by atoms with van der Waals surface area (Å²) in [6.45, 7) is 3.11. The van der Waals surface area contributed by atoms with E-state index in [1.807, 2.05) is 31.2 Å². The van der Waals surface area contributed by atoms with Crippen LogP contribution in [-0.2, 0) is 27.5 Å². The summed E-state index contributed by atoms with van der Waals surface area (Å²) in [5.41, 5.74) is 11.7. The first kappa shape index (κ1) is 17.4. The molecule has 22 heavy (non-hydrogen) atoms. The van der Waals surface area contributed by atoms with Gasteiger partial charge in [0.25, 0.3) is 0 Å². The second-order valence-corrected chi connectivity index (χ2v) is 4.47. The van der Waals surface area contributed by atoms with E-state index in [1.54, 1.807) is 0 Å². The van der Waals surface area contributed by atoms with Gasteiger partial charge in [0.05, 0.1) is 6.61 Å². The number of rotatable bonds is 8. The van der Waals surface area contributed by atoms with Crippen molar-refractivity contribution in [3.63, 3.8) is 0 Å². The first-order valence-electron chi connectivity index (χ1n) is 6.73. The molecule has 0 heterocycles.